The fourth-order valence-electron chi connectivity index (χ4n) is 4.09. The number of rotatable bonds is 2. The Kier molecular flexibility index (Phi) is 6.04. The summed E-state index contributed by atoms with van der Waals surface area (Å²) in [7, 11) is 0. The molecule has 0 aliphatic heterocycles. The molecule has 0 aromatic rings. The number of hydrogen-bond donors (Lipinski definition) is 0. The van der Waals surface area contributed by atoms with E-state index in [1.54, 1.807) is 0 Å². The SMILES string of the molecule is CC1CC(Cl)C(C(C2CCC(Cl)CC2)C(F)(F)F)C(Cl)C1. The Morgan fingerprint density at radius 3 is 1.81 bits per heavy atom. The minimum Gasteiger partial charge on any atom is -0.171 e. The molecule has 3 atom stereocenters. The smallest absolute Gasteiger partial charge is 0.171 e. The van der Waals surface area contributed by atoms with Gasteiger partial charge >= 0.3 is 6.18 Å². The maximum Gasteiger partial charge on any atom is 0.392 e. The van der Waals surface area contributed by atoms with Crippen LogP contribution in [0.2, 0.25) is 0 Å². The minimum absolute atomic E-state index is 0.0140. The normalized spacial score (nSPS) is 43.6. The lowest BCUT2D eigenvalue weighted by Crippen LogP contribution is -2.48. The average Bonchev–Trinajstić information content (AvgIpc) is 2.33. The Hall–Kier alpha value is 0.660. The van der Waals surface area contributed by atoms with E-state index in [4.69, 9.17) is 34.8 Å². The molecule has 2 fully saturated rings. The van der Waals surface area contributed by atoms with Crippen LogP contribution in [0.1, 0.15) is 45.4 Å². The van der Waals surface area contributed by atoms with Crippen molar-refractivity contribution >= 4 is 34.8 Å². The summed E-state index contributed by atoms with van der Waals surface area (Å²) >= 11 is 18.7. The lowest BCUT2D eigenvalue weighted by molar-refractivity contribution is -0.209. The van der Waals surface area contributed by atoms with Gasteiger partial charge in [-0.05, 0) is 50.4 Å². The maximum absolute atomic E-state index is 13.7. The summed E-state index contributed by atoms with van der Waals surface area (Å²) in [6, 6.07) is 0. The van der Waals surface area contributed by atoms with Gasteiger partial charge in [0.25, 0.3) is 0 Å². The molecule has 2 rings (SSSR count). The predicted molar refractivity (Wildman–Crippen MR) is 82.3 cm³/mol. The topological polar surface area (TPSA) is 0 Å². The Balaban J connectivity index is 2.19. The van der Waals surface area contributed by atoms with Gasteiger partial charge in [-0.3, -0.25) is 0 Å². The van der Waals surface area contributed by atoms with Gasteiger partial charge in [0, 0.05) is 22.0 Å². The van der Waals surface area contributed by atoms with Crippen molar-refractivity contribution in [2.24, 2.45) is 23.7 Å². The molecule has 0 amide bonds. The van der Waals surface area contributed by atoms with Gasteiger partial charge in [0.1, 0.15) is 0 Å². The summed E-state index contributed by atoms with van der Waals surface area (Å²) in [4.78, 5) is 0. The van der Waals surface area contributed by atoms with Gasteiger partial charge in [0.05, 0.1) is 5.92 Å². The van der Waals surface area contributed by atoms with E-state index in [0.717, 1.165) is 0 Å². The van der Waals surface area contributed by atoms with E-state index in [1.807, 2.05) is 6.92 Å². The highest BCUT2D eigenvalue weighted by molar-refractivity contribution is 6.24. The van der Waals surface area contributed by atoms with Crippen LogP contribution in [0.4, 0.5) is 13.2 Å². The highest BCUT2D eigenvalue weighted by atomic mass is 35.5. The zero-order valence-corrected chi connectivity index (χ0v) is 14.3. The summed E-state index contributed by atoms with van der Waals surface area (Å²) in [5.41, 5.74) is 0. The van der Waals surface area contributed by atoms with Crippen LogP contribution in [0.15, 0.2) is 0 Å². The Morgan fingerprint density at radius 2 is 1.38 bits per heavy atom. The van der Waals surface area contributed by atoms with Gasteiger partial charge in [0.2, 0.25) is 0 Å². The van der Waals surface area contributed by atoms with Gasteiger partial charge in [-0.2, -0.15) is 13.2 Å². The predicted octanol–water partition coefficient (Wildman–Crippen LogP) is 6.22. The van der Waals surface area contributed by atoms with Crippen molar-refractivity contribution in [2.45, 2.75) is 67.8 Å². The standard InChI is InChI=1S/C15H22Cl3F3/c1-8-6-11(17)13(12(18)7-8)14(15(19,20)21)9-2-4-10(16)5-3-9/h8-14H,2-7H2,1H3. The van der Waals surface area contributed by atoms with E-state index in [-0.39, 0.29) is 11.3 Å². The summed E-state index contributed by atoms with van der Waals surface area (Å²) in [5, 5.41) is -0.965. The summed E-state index contributed by atoms with van der Waals surface area (Å²) < 4.78 is 41.0. The minimum atomic E-state index is -4.24. The Bertz CT molecular complexity index is 328. The van der Waals surface area contributed by atoms with Gasteiger partial charge in [-0.1, -0.05) is 6.92 Å². The molecule has 0 radical (unpaired) electrons. The molecule has 0 aromatic carbocycles. The van der Waals surface area contributed by atoms with E-state index in [9.17, 15) is 13.2 Å². The second-order valence-electron chi connectivity index (χ2n) is 6.77. The molecule has 0 saturated heterocycles. The van der Waals surface area contributed by atoms with Crippen LogP contribution in [-0.4, -0.2) is 22.3 Å². The lowest BCUT2D eigenvalue weighted by atomic mass is 9.67. The zero-order chi connectivity index (χ0) is 15.8. The fourth-order valence-corrected chi connectivity index (χ4v) is 5.69. The molecule has 2 aliphatic carbocycles. The third kappa shape index (κ3) is 4.35. The number of halogens is 6. The molecule has 0 spiro atoms. The first-order chi connectivity index (χ1) is 9.70. The molecule has 3 unspecified atom stereocenters. The summed E-state index contributed by atoms with van der Waals surface area (Å²) in [6.45, 7) is 2.00. The van der Waals surface area contributed by atoms with Crippen molar-refractivity contribution in [3.8, 4) is 0 Å². The molecule has 0 aromatic heterocycles. The molecule has 2 aliphatic rings. The highest BCUT2D eigenvalue weighted by Crippen LogP contribution is 2.51. The van der Waals surface area contributed by atoms with Crippen molar-refractivity contribution < 1.29 is 13.2 Å². The molecular weight excluding hydrogens is 344 g/mol. The molecule has 0 heterocycles. The van der Waals surface area contributed by atoms with Crippen molar-refractivity contribution in [3.05, 3.63) is 0 Å². The van der Waals surface area contributed by atoms with Gasteiger partial charge in [0.15, 0.2) is 0 Å². The quantitative estimate of drug-likeness (QED) is 0.509. The third-order valence-electron chi connectivity index (χ3n) is 5.09. The van der Waals surface area contributed by atoms with Crippen LogP contribution in [0.25, 0.3) is 0 Å². The van der Waals surface area contributed by atoms with E-state index in [2.05, 4.69) is 0 Å². The molecule has 21 heavy (non-hydrogen) atoms. The van der Waals surface area contributed by atoms with Crippen LogP contribution >= 0.6 is 34.8 Å². The van der Waals surface area contributed by atoms with Crippen LogP contribution in [0.5, 0.6) is 0 Å². The summed E-state index contributed by atoms with van der Waals surface area (Å²) in [5.74, 6) is -2.17. The molecular formula is C15H22Cl3F3. The number of hydrogen-bond acceptors (Lipinski definition) is 0. The second-order valence-corrected chi connectivity index (χ2v) is 8.50. The van der Waals surface area contributed by atoms with E-state index in [1.165, 1.54) is 0 Å². The van der Waals surface area contributed by atoms with Gasteiger partial charge in [-0.15, -0.1) is 34.8 Å². The van der Waals surface area contributed by atoms with Crippen LogP contribution in [-0.2, 0) is 0 Å². The Morgan fingerprint density at radius 1 is 0.905 bits per heavy atom. The first kappa shape index (κ1) is 18.0. The summed E-state index contributed by atoms with van der Waals surface area (Å²) in [6.07, 6.45) is -0.645. The van der Waals surface area contributed by atoms with Crippen LogP contribution in [0, 0.1) is 23.7 Å². The maximum atomic E-state index is 13.7. The monoisotopic (exact) mass is 364 g/mol. The van der Waals surface area contributed by atoms with E-state index >= 15 is 0 Å². The van der Waals surface area contributed by atoms with E-state index < -0.39 is 28.8 Å². The molecule has 6 heteroatoms. The molecule has 2 saturated carbocycles. The van der Waals surface area contributed by atoms with E-state index in [0.29, 0.717) is 44.4 Å². The average molecular weight is 366 g/mol. The van der Waals surface area contributed by atoms with Crippen LogP contribution < -0.4 is 0 Å². The lowest BCUT2D eigenvalue weighted by Gasteiger charge is -2.44. The molecule has 0 bridgehead atoms. The fraction of sp³-hybridized carbons (Fsp3) is 1.00. The largest absolute Gasteiger partial charge is 0.392 e. The molecule has 124 valence electrons. The molecule has 0 nitrogen and oxygen atoms in total. The second kappa shape index (κ2) is 7.05. The zero-order valence-electron chi connectivity index (χ0n) is 12.1. The highest BCUT2D eigenvalue weighted by Gasteiger charge is 2.54. The van der Waals surface area contributed by atoms with Crippen LogP contribution in [0.3, 0.4) is 0 Å². The van der Waals surface area contributed by atoms with Gasteiger partial charge in [-0.25, -0.2) is 0 Å². The Labute approximate surface area is 139 Å². The van der Waals surface area contributed by atoms with Crippen molar-refractivity contribution in [1.82, 2.24) is 0 Å². The van der Waals surface area contributed by atoms with Crippen molar-refractivity contribution in [1.29, 1.82) is 0 Å². The third-order valence-corrected chi connectivity index (χ3v) is 6.47. The van der Waals surface area contributed by atoms with Crippen molar-refractivity contribution in [3.63, 3.8) is 0 Å². The van der Waals surface area contributed by atoms with Gasteiger partial charge < -0.3 is 0 Å². The first-order valence-electron chi connectivity index (χ1n) is 7.69. The first-order valence-corrected chi connectivity index (χ1v) is 9.00. The number of alkyl halides is 6. The molecule has 0 N–H and O–H groups in total. The van der Waals surface area contributed by atoms with Crippen molar-refractivity contribution in [2.75, 3.05) is 0 Å².